The molecular weight excluding hydrogens is 408 g/mol. The molecule has 0 saturated carbocycles. The summed E-state index contributed by atoms with van der Waals surface area (Å²) in [6.07, 6.45) is 1.86. The lowest BCUT2D eigenvalue weighted by Gasteiger charge is -2.24. The van der Waals surface area contributed by atoms with E-state index < -0.39 is 12.0 Å². The van der Waals surface area contributed by atoms with Gasteiger partial charge in [-0.3, -0.25) is 9.36 Å². The second kappa shape index (κ2) is 7.81. The van der Waals surface area contributed by atoms with Gasteiger partial charge in [0, 0.05) is 4.88 Å². The van der Waals surface area contributed by atoms with Crippen molar-refractivity contribution in [3.63, 3.8) is 0 Å². The van der Waals surface area contributed by atoms with Crippen molar-refractivity contribution in [3.05, 3.63) is 83.2 Å². The molecule has 1 aliphatic heterocycles. The third-order valence-corrected chi connectivity index (χ3v) is 6.48. The quantitative estimate of drug-likeness (QED) is 0.601. The van der Waals surface area contributed by atoms with Crippen molar-refractivity contribution in [2.24, 2.45) is 4.99 Å². The SMILES string of the molecule is COC(=O)C1=C(C)N=c2sc(=Cc3cccs3)c(=O)n2C1c1ccc(OC)cc1. The Kier molecular flexibility index (Phi) is 5.21. The molecule has 3 heterocycles. The van der Waals surface area contributed by atoms with E-state index in [1.54, 1.807) is 42.1 Å². The van der Waals surface area contributed by atoms with E-state index in [2.05, 4.69) is 4.99 Å². The minimum absolute atomic E-state index is 0.183. The van der Waals surface area contributed by atoms with Crippen molar-refractivity contribution in [1.29, 1.82) is 0 Å². The van der Waals surface area contributed by atoms with Gasteiger partial charge < -0.3 is 9.47 Å². The Morgan fingerprint density at radius 2 is 1.97 bits per heavy atom. The molecule has 0 aliphatic carbocycles. The summed E-state index contributed by atoms with van der Waals surface area (Å²) in [4.78, 5) is 32.0. The fraction of sp³-hybridized carbons (Fsp3) is 0.190. The van der Waals surface area contributed by atoms with Gasteiger partial charge in [-0.1, -0.05) is 29.5 Å². The maximum absolute atomic E-state index is 13.3. The normalized spacial score (nSPS) is 16.4. The molecule has 0 N–H and O–H groups in total. The molecule has 4 rings (SSSR count). The molecule has 6 nitrogen and oxygen atoms in total. The molecular formula is C21H18N2O4S2. The molecule has 1 unspecified atom stereocenters. The van der Waals surface area contributed by atoms with Crippen molar-refractivity contribution in [3.8, 4) is 5.75 Å². The molecule has 0 fully saturated rings. The van der Waals surface area contributed by atoms with Crippen LogP contribution in [0.4, 0.5) is 0 Å². The Balaban J connectivity index is 1.97. The number of hydrogen-bond donors (Lipinski definition) is 0. The highest BCUT2D eigenvalue weighted by molar-refractivity contribution is 7.11. The van der Waals surface area contributed by atoms with Crippen LogP contribution in [0, 0.1) is 0 Å². The number of carbonyl (C=O) groups excluding carboxylic acids is 1. The molecule has 1 aliphatic rings. The lowest BCUT2D eigenvalue weighted by Crippen LogP contribution is -2.39. The van der Waals surface area contributed by atoms with Crippen LogP contribution < -0.4 is 19.6 Å². The predicted octanol–water partition coefficient (Wildman–Crippen LogP) is 2.48. The number of hydrogen-bond acceptors (Lipinski definition) is 7. The van der Waals surface area contributed by atoms with Crippen molar-refractivity contribution < 1.29 is 14.3 Å². The van der Waals surface area contributed by atoms with Gasteiger partial charge >= 0.3 is 5.97 Å². The zero-order valence-corrected chi connectivity index (χ0v) is 17.7. The average molecular weight is 427 g/mol. The number of thiophene rings is 1. The first kappa shape index (κ1) is 19.4. The third kappa shape index (κ3) is 3.45. The lowest BCUT2D eigenvalue weighted by atomic mass is 9.96. The third-order valence-electron chi connectivity index (χ3n) is 4.68. The number of nitrogens with zero attached hydrogens (tertiary/aromatic N) is 2. The number of methoxy groups -OCH3 is 2. The van der Waals surface area contributed by atoms with Crippen LogP contribution >= 0.6 is 22.7 Å². The molecule has 148 valence electrons. The molecule has 2 aromatic heterocycles. The number of allylic oxidation sites excluding steroid dienone is 1. The summed E-state index contributed by atoms with van der Waals surface area (Å²) in [7, 11) is 2.92. The Morgan fingerprint density at radius 1 is 1.21 bits per heavy atom. The van der Waals surface area contributed by atoms with Crippen LogP contribution in [0.25, 0.3) is 6.08 Å². The maximum Gasteiger partial charge on any atom is 0.338 e. The fourth-order valence-electron chi connectivity index (χ4n) is 3.30. The van der Waals surface area contributed by atoms with Gasteiger partial charge in [0.15, 0.2) is 4.80 Å². The number of rotatable bonds is 4. The Bertz CT molecular complexity index is 1270. The number of aromatic nitrogens is 1. The summed E-state index contributed by atoms with van der Waals surface area (Å²) in [6.45, 7) is 1.76. The summed E-state index contributed by atoms with van der Waals surface area (Å²) < 4.78 is 12.4. The van der Waals surface area contributed by atoms with Crippen LogP contribution in [-0.2, 0) is 9.53 Å². The van der Waals surface area contributed by atoms with E-state index in [9.17, 15) is 9.59 Å². The second-order valence-electron chi connectivity index (χ2n) is 6.36. The highest BCUT2D eigenvalue weighted by atomic mass is 32.1. The van der Waals surface area contributed by atoms with E-state index in [0.29, 0.717) is 26.4 Å². The molecule has 1 aromatic carbocycles. The predicted molar refractivity (Wildman–Crippen MR) is 113 cm³/mol. The topological polar surface area (TPSA) is 69.9 Å². The first-order valence-corrected chi connectivity index (χ1v) is 10.5. The van der Waals surface area contributed by atoms with Gasteiger partial charge in [0.25, 0.3) is 5.56 Å². The highest BCUT2D eigenvalue weighted by Gasteiger charge is 2.33. The summed E-state index contributed by atoms with van der Waals surface area (Å²) in [6, 6.07) is 10.6. The largest absolute Gasteiger partial charge is 0.497 e. The first-order chi connectivity index (χ1) is 14.0. The molecule has 8 heteroatoms. The molecule has 0 saturated heterocycles. The summed E-state index contributed by atoms with van der Waals surface area (Å²) in [5.41, 5.74) is 1.50. The van der Waals surface area contributed by atoms with Gasteiger partial charge in [-0.25, -0.2) is 9.79 Å². The molecule has 0 bridgehead atoms. The van der Waals surface area contributed by atoms with Gasteiger partial charge in [-0.15, -0.1) is 11.3 Å². The number of carbonyl (C=O) groups is 1. The van der Waals surface area contributed by atoms with Crippen molar-refractivity contribution in [2.45, 2.75) is 13.0 Å². The van der Waals surface area contributed by atoms with Gasteiger partial charge in [-0.2, -0.15) is 0 Å². The standard InChI is InChI=1S/C21H18N2O4S2/c1-12-17(20(25)27-3)18(13-6-8-14(26-2)9-7-13)23-19(24)16(29-21(23)22-12)11-15-5-4-10-28-15/h4-11,18H,1-3H3. The van der Waals surface area contributed by atoms with Crippen LogP contribution in [0.15, 0.2) is 62.8 Å². The summed E-state index contributed by atoms with van der Waals surface area (Å²) in [5.74, 6) is 0.193. The van der Waals surface area contributed by atoms with E-state index in [4.69, 9.17) is 9.47 Å². The Morgan fingerprint density at radius 3 is 2.59 bits per heavy atom. The van der Waals surface area contributed by atoms with Gasteiger partial charge in [0.1, 0.15) is 5.75 Å². The molecule has 0 radical (unpaired) electrons. The number of benzene rings is 1. The van der Waals surface area contributed by atoms with Crippen LogP contribution in [-0.4, -0.2) is 24.8 Å². The van der Waals surface area contributed by atoms with Crippen LogP contribution in [0.5, 0.6) is 5.75 Å². The van der Waals surface area contributed by atoms with Gasteiger partial charge in [0.05, 0.1) is 36.1 Å². The zero-order chi connectivity index (χ0) is 20.5. The van der Waals surface area contributed by atoms with Crippen LogP contribution in [0.2, 0.25) is 0 Å². The number of ether oxygens (including phenoxy) is 2. The van der Waals surface area contributed by atoms with Crippen molar-refractivity contribution >= 4 is 34.7 Å². The molecule has 29 heavy (non-hydrogen) atoms. The molecule has 0 amide bonds. The summed E-state index contributed by atoms with van der Waals surface area (Å²) >= 11 is 2.87. The number of esters is 1. The fourth-order valence-corrected chi connectivity index (χ4v) is 5.07. The molecule has 3 aromatic rings. The van der Waals surface area contributed by atoms with Gasteiger partial charge in [-0.05, 0) is 42.1 Å². The molecule has 1 atom stereocenters. The Labute approximate surface area is 174 Å². The van der Waals surface area contributed by atoms with E-state index in [0.717, 1.165) is 10.4 Å². The van der Waals surface area contributed by atoms with E-state index in [1.165, 1.54) is 18.4 Å². The highest BCUT2D eigenvalue weighted by Crippen LogP contribution is 2.31. The first-order valence-electron chi connectivity index (χ1n) is 8.82. The van der Waals surface area contributed by atoms with Gasteiger partial charge in [0.2, 0.25) is 0 Å². The van der Waals surface area contributed by atoms with Crippen LogP contribution in [0.1, 0.15) is 23.4 Å². The molecule has 0 spiro atoms. The van der Waals surface area contributed by atoms with E-state index in [1.807, 2.05) is 35.7 Å². The smallest absolute Gasteiger partial charge is 0.338 e. The Hall–Kier alpha value is -2.97. The lowest BCUT2D eigenvalue weighted by molar-refractivity contribution is -0.136. The van der Waals surface area contributed by atoms with E-state index in [-0.39, 0.29) is 5.56 Å². The minimum atomic E-state index is -0.616. The summed E-state index contributed by atoms with van der Waals surface area (Å²) in [5, 5.41) is 1.96. The number of thiazole rings is 1. The number of fused-ring (bicyclic) bond motifs is 1. The van der Waals surface area contributed by atoms with Crippen molar-refractivity contribution in [1.82, 2.24) is 4.57 Å². The van der Waals surface area contributed by atoms with Crippen LogP contribution in [0.3, 0.4) is 0 Å². The minimum Gasteiger partial charge on any atom is -0.497 e. The second-order valence-corrected chi connectivity index (χ2v) is 8.35. The zero-order valence-electron chi connectivity index (χ0n) is 16.0. The maximum atomic E-state index is 13.3. The van der Waals surface area contributed by atoms with Crippen molar-refractivity contribution in [2.75, 3.05) is 14.2 Å². The average Bonchev–Trinajstić information content (AvgIpc) is 3.35. The van der Waals surface area contributed by atoms with E-state index >= 15 is 0 Å². The monoisotopic (exact) mass is 426 g/mol.